The molecule has 0 bridgehead atoms. The minimum atomic E-state index is 0.537. The van der Waals surface area contributed by atoms with E-state index in [0.717, 1.165) is 19.1 Å². The fourth-order valence-electron chi connectivity index (χ4n) is 1.33. The molecule has 0 heterocycles. The molecular weight excluding hydrogens is 150 g/mol. The summed E-state index contributed by atoms with van der Waals surface area (Å²) in [7, 11) is 1.76. The summed E-state index contributed by atoms with van der Waals surface area (Å²) in [4.78, 5) is 0. The van der Waals surface area contributed by atoms with Crippen LogP contribution in [-0.4, -0.2) is 26.3 Å². The third-order valence-corrected chi connectivity index (χ3v) is 1.81. The highest BCUT2D eigenvalue weighted by Crippen LogP contribution is 2.04. The predicted molar refractivity (Wildman–Crippen MR) is 53.4 cm³/mol. The maximum Gasteiger partial charge on any atom is 0.0615 e. The fourth-order valence-corrected chi connectivity index (χ4v) is 1.33. The molecule has 0 aliphatic carbocycles. The Hall–Kier alpha value is -0.0800. The first-order valence-corrected chi connectivity index (χ1v) is 4.93. The first-order valence-electron chi connectivity index (χ1n) is 4.93. The Morgan fingerprint density at radius 1 is 1.33 bits per heavy atom. The van der Waals surface area contributed by atoms with Crippen LogP contribution in [0.4, 0.5) is 0 Å². The van der Waals surface area contributed by atoms with E-state index >= 15 is 0 Å². The molecule has 0 aromatic heterocycles. The molecule has 0 saturated heterocycles. The molecule has 2 nitrogen and oxygen atoms in total. The van der Waals surface area contributed by atoms with Crippen molar-refractivity contribution in [2.24, 2.45) is 5.92 Å². The van der Waals surface area contributed by atoms with Crippen LogP contribution in [0.1, 0.15) is 33.6 Å². The lowest BCUT2D eigenvalue weighted by Crippen LogP contribution is -2.34. The van der Waals surface area contributed by atoms with Crippen LogP contribution in [0.5, 0.6) is 0 Å². The number of hydrogen-bond acceptors (Lipinski definition) is 2. The Bertz CT molecular complexity index is 93.8. The van der Waals surface area contributed by atoms with Crippen LogP contribution >= 0.6 is 0 Å². The van der Waals surface area contributed by atoms with Crippen molar-refractivity contribution in [1.29, 1.82) is 0 Å². The van der Waals surface area contributed by atoms with Crippen LogP contribution in [0.3, 0.4) is 0 Å². The van der Waals surface area contributed by atoms with Crippen molar-refractivity contribution in [3.63, 3.8) is 0 Å². The van der Waals surface area contributed by atoms with E-state index in [-0.39, 0.29) is 0 Å². The van der Waals surface area contributed by atoms with E-state index in [2.05, 4.69) is 26.1 Å². The third kappa shape index (κ3) is 6.62. The zero-order valence-corrected chi connectivity index (χ0v) is 8.89. The molecule has 12 heavy (non-hydrogen) atoms. The van der Waals surface area contributed by atoms with E-state index in [1.54, 1.807) is 7.11 Å². The molecule has 0 amide bonds. The lowest BCUT2D eigenvalue weighted by Gasteiger charge is -2.19. The molecule has 0 radical (unpaired) electrons. The topological polar surface area (TPSA) is 21.3 Å². The standard InChI is InChI=1S/C10H23NO/c1-5-6-11-10(8-12-4)7-9(2)3/h9-11H,5-8H2,1-4H3/t10-/m1/s1. The summed E-state index contributed by atoms with van der Waals surface area (Å²) < 4.78 is 5.14. The summed E-state index contributed by atoms with van der Waals surface area (Å²) in [6.07, 6.45) is 2.39. The van der Waals surface area contributed by atoms with Crippen LogP contribution in [0.2, 0.25) is 0 Å². The maximum atomic E-state index is 5.14. The van der Waals surface area contributed by atoms with Crippen LogP contribution in [0.15, 0.2) is 0 Å². The van der Waals surface area contributed by atoms with Crippen molar-refractivity contribution in [1.82, 2.24) is 5.32 Å². The van der Waals surface area contributed by atoms with Gasteiger partial charge in [-0.2, -0.15) is 0 Å². The van der Waals surface area contributed by atoms with Gasteiger partial charge in [-0.1, -0.05) is 20.8 Å². The molecule has 0 aromatic carbocycles. The molecule has 2 heteroatoms. The average molecular weight is 173 g/mol. The molecule has 74 valence electrons. The predicted octanol–water partition coefficient (Wildman–Crippen LogP) is 2.05. The number of nitrogens with one attached hydrogen (secondary N) is 1. The first kappa shape index (κ1) is 11.9. The maximum absolute atomic E-state index is 5.14. The van der Waals surface area contributed by atoms with E-state index < -0.39 is 0 Å². The highest BCUT2D eigenvalue weighted by molar-refractivity contribution is 4.67. The van der Waals surface area contributed by atoms with Crippen molar-refractivity contribution in [2.75, 3.05) is 20.3 Å². The highest BCUT2D eigenvalue weighted by Gasteiger charge is 2.08. The quantitative estimate of drug-likeness (QED) is 0.636. The van der Waals surface area contributed by atoms with E-state index in [0.29, 0.717) is 6.04 Å². The summed E-state index contributed by atoms with van der Waals surface area (Å²) in [5.74, 6) is 0.745. The molecule has 0 aliphatic rings. The Balaban J connectivity index is 3.54. The Labute approximate surface area is 76.7 Å². The summed E-state index contributed by atoms with van der Waals surface area (Å²) >= 11 is 0. The van der Waals surface area contributed by atoms with Gasteiger partial charge in [-0.15, -0.1) is 0 Å². The number of hydrogen-bond donors (Lipinski definition) is 1. The molecule has 1 N–H and O–H groups in total. The zero-order chi connectivity index (χ0) is 9.40. The highest BCUT2D eigenvalue weighted by atomic mass is 16.5. The summed E-state index contributed by atoms with van der Waals surface area (Å²) in [6, 6.07) is 0.537. The summed E-state index contributed by atoms with van der Waals surface area (Å²) in [5, 5.41) is 3.48. The summed E-state index contributed by atoms with van der Waals surface area (Å²) in [6.45, 7) is 8.61. The summed E-state index contributed by atoms with van der Waals surface area (Å²) in [5.41, 5.74) is 0. The SMILES string of the molecule is CCCN[C@@H](COC)CC(C)C. The monoisotopic (exact) mass is 173 g/mol. The Kier molecular flexibility index (Phi) is 7.51. The molecule has 0 saturated carbocycles. The minimum absolute atomic E-state index is 0.537. The largest absolute Gasteiger partial charge is 0.383 e. The van der Waals surface area contributed by atoms with Gasteiger partial charge in [-0.3, -0.25) is 0 Å². The normalized spacial score (nSPS) is 13.8. The second-order valence-electron chi connectivity index (χ2n) is 3.74. The smallest absolute Gasteiger partial charge is 0.0615 e. The molecule has 0 unspecified atom stereocenters. The van der Waals surface area contributed by atoms with Crippen molar-refractivity contribution in [3.8, 4) is 0 Å². The van der Waals surface area contributed by atoms with Gasteiger partial charge in [0.05, 0.1) is 6.61 Å². The number of methoxy groups -OCH3 is 1. The molecule has 0 fully saturated rings. The molecule has 0 rings (SSSR count). The van der Waals surface area contributed by atoms with Gasteiger partial charge < -0.3 is 10.1 Å². The lowest BCUT2D eigenvalue weighted by atomic mass is 10.0. The second-order valence-corrected chi connectivity index (χ2v) is 3.74. The lowest BCUT2D eigenvalue weighted by molar-refractivity contribution is 0.156. The van der Waals surface area contributed by atoms with Gasteiger partial charge in [-0.25, -0.2) is 0 Å². The van der Waals surface area contributed by atoms with Crippen LogP contribution in [-0.2, 0) is 4.74 Å². The van der Waals surface area contributed by atoms with E-state index in [4.69, 9.17) is 4.74 Å². The Morgan fingerprint density at radius 3 is 2.42 bits per heavy atom. The Morgan fingerprint density at radius 2 is 2.00 bits per heavy atom. The van der Waals surface area contributed by atoms with Crippen LogP contribution < -0.4 is 5.32 Å². The number of rotatable bonds is 7. The van der Waals surface area contributed by atoms with Gasteiger partial charge in [0.1, 0.15) is 0 Å². The van der Waals surface area contributed by atoms with E-state index in [9.17, 15) is 0 Å². The van der Waals surface area contributed by atoms with Crippen LogP contribution in [0, 0.1) is 5.92 Å². The molecule has 0 spiro atoms. The molecule has 0 aromatic rings. The molecule has 1 atom stereocenters. The number of ether oxygens (including phenoxy) is 1. The second kappa shape index (κ2) is 7.56. The van der Waals surface area contributed by atoms with Gasteiger partial charge in [0.15, 0.2) is 0 Å². The third-order valence-electron chi connectivity index (χ3n) is 1.81. The zero-order valence-electron chi connectivity index (χ0n) is 8.89. The van der Waals surface area contributed by atoms with Crippen molar-refractivity contribution >= 4 is 0 Å². The van der Waals surface area contributed by atoms with Gasteiger partial charge in [0.2, 0.25) is 0 Å². The van der Waals surface area contributed by atoms with Crippen molar-refractivity contribution in [2.45, 2.75) is 39.7 Å². The van der Waals surface area contributed by atoms with Crippen molar-refractivity contribution < 1.29 is 4.74 Å². The first-order chi connectivity index (χ1) is 5.70. The molecule has 0 aliphatic heterocycles. The van der Waals surface area contributed by atoms with Crippen molar-refractivity contribution in [3.05, 3.63) is 0 Å². The van der Waals surface area contributed by atoms with Gasteiger partial charge >= 0.3 is 0 Å². The average Bonchev–Trinajstić information content (AvgIpc) is 2.00. The van der Waals surface area contributed by atoms with Gasteiger partial charge in [0, 0.05) is 13.2 Å². The minimum Gasteiger partial charge on any atom is -0.383 e. The van der Waals surface area contributed by atoms with E-state index in [1.807, 2.05) is 0 Å². The van der Waals surface area contributed by atoms with Crippen LogP contribution in [0.25, 0.3) is 0 Å². The van der Waals surface area contributed by atoms with Gasteiger partial charge in [-0.05, 0) is 25.3 Å². The van der Waals surface area contributed by atoms with E-state index in [1.165, 1.54) is 12.8 Å². The fraction of sp³-hybridized carbons (Fsp3) is 1.00. The van der Waals surface area contributed by atoms with Gasteiger partial charge in [0.25, 0.3) is 0 Å². The molecular formula is C10H23NO.